The summed E-state index contributed by atoms with van der Waals surface area (Å²) >= 11 is 3.19. The van der Waals surface area contributed by atoms with Gasteiger partial charge in [-0.1, -0.05) is 13.0 Å². The highest BCUT2D eigenvalue weighted by Gasteiger charge is 2.34. The number of hydrogen-bond acceptors (Lipinski definition) is 3. The van der Waals surface area contributed by atoms with Crippen LogP contribution in [0.1, 0.15) is 31.4 Å². The molecule has 1 aromatic rings. The second-order valence-electron chi connectivity index (χ2n) is 5.27. The van der Waals surface area contributed by atoms with Crippen molar-refractivity contribution in [3.8, 4) is 0 Å². The predicted molar refractivity (Wildman–Crippen MR) is 81.9 cm³/mol. The molecule has 112 valence electrons. The number of hydrogen-bond donors (Lipinski definition) is 1. The Bertz CT molecular complexity index is 577. The average molecular weight is 364 g/mol. The van der Waals surface area contributed by atoms with Gasteiger partial charge in [0.1, 0.15) is 5.82 Å². The molecule has 1 aliphatic heterocycles. The Morgan fingerprint density at radius 3 is 2.80 bits per heavy atom. The van der Waals surface area contributed by atoms with Crippen molar-refractivity contribution in [3.05, 3.63) is 34.1 Å². The van der Waals surface area contributed by atoms with Crippen LogP contribution in [0.5, 0.6) is 0 Å². The topological polar surface area (TPSA) is 46.2 Å². The third kappa shape index (κ3) is 3.80. The summed E-state index contributed by atoms with van der Waals surface area (Å²) in [5.74, 6) is 0.221. The van der Waals surface area contributed by atoms with Crippen LogP contribution in [-0.2, 0) is 9.84 Å². The Morgan fingerprint density at radius 2 is 2.25 bits per heavy atom. The lowest BCUT2D eigenvalue weighted by Gasteiger charge is -2.24. The van der Waals surface area contributed by atoms with E-state index in [0.717, 1.165) is 18.5 Å². The number of benzene rings is 1. The molecule has 0 aliphatic carbocycles. The molecule has 6 heteroatoms. The second-order valence-corrected chi connectivity index (χ2v) is 8.35. The van der Waals surface area contributed by atoms with Gasteiger partial charge in [-0.05, 0) is 58.9 Å². The van der Waals surface area contributed by atoms with Crippen molar-refractivity contribution in [2.24, 2.45) is 5.92 Å². The fourth-order valence-corrected chi connectivity index (χ4v) is 4.89. The van der Waals surface area contributed by atoms with E-state index in [2.05, 4.69) is 28.2 Å². The van der Waals surface area contributed by atoms with Gasteiger partial charge in [0.15, 0.2) is 9.84 Å². The molecule has 0 aromatic heterocycles. The zero-order valence-electron chi connectivity index (χ0n) is 11.4. The van der Waals surface area contributed by atoms with Gasteiger partial charge in [-0.15, -0.1) is 0 Å². The van der Waals surface area contributed by atoms with Crippen molar-refractivity contribution in [3.63, 3.8) is 0 Å². The molecule has 3 nitrogen and oxygen atoms in total. The highest BCUT2D eigenvalue weighted by molar-refractivity contribution is 9.10. The first-order chi connectivity index (χ1) is 9.43. The molecule has 1 heterocycles. The number of halogens is 2. The van der Waals surface area contributed by atoms with E-state index in [0.29, 0.717) is 10.9 Å². The molecule has 1 fully saturated rings. The van der Waals surface area contributed by atoms with Crippen LogP contribution < -0.4 is 5.32 Å². The summed E-state index contributed by atoms with van der Waals surface area (Å²) < 4.78 is 37.1. The lowest BCUT2D eigenvalue weighted by Crippen LogP contribution is -2.29. The molecule has 2 unspecified atom stereocenters. The fourth-order valence-electron chi connectivity index (χ4n) is 2.65. The number of nitrogens with one attached hydrogen (secondary N) is 1. The van der Waals surface area contributed by atoms with E-state index in [1.807, 2.05) is 0 Å². The molecule has 0 saturated carbocycles. The van der Waals surface area contributed by atoms with Gasteiger partial charge in [-0.25, -0.2) is 12.8 Å². The maximum atomic E-state index is 13.4. The SMILES string of the molecule is CCCNC(c1ccc(F)c(Br)c1)C1CCS(=O)(=O)C1. The monoisotopic (exact) mass is 363 g/mol. The minimum absolute atomic E-state index is 0.0378. The first-order valence-corrected chi connectivity index (χ1v) is 9.43. The van der Waals surface area contributed by atoms with Crippen LogP contribution >= 0.6 is 15.9 Å². The molecule has 1 aromatic carbocycles. The van der Waals surface area contributed by atoms with Crippen LogP contribution in [0.3, 0.4) is 0 Å². The number of rotatable bonds is 5. The van der Waals surface area contributed by atoms with Gasteiger partial charge < -0.3 is 5.32 Å². The smallest absolute Gasteiger partial charge is 0.150 e. The molecule has 2 rings (SSSR count). The van der Waals surface area contributed by atoms with Gasteiger partial charge in [-0.3, -0.25) is 0 Å². The van der Waals surface area contributed by atoms with Crippen LogP contribution in [0.2, 0.25) is 0 Å². The Morgan fingerprint density at radius 1 is 1.50 bits per heavy atom. The molecule has 0 bridgehead atoms. The van der Waals surface area contributed by atoms with Crippen LogP contribution in [0, 0.1) is 11.7 Å². The molecule has 1 aliphatic rings. The quantitative estimate of drug-likeness (QED) is 0.874. The summed E-state index contributed by atoms with van der Waals surface area (Å²) in [6.07, 6.45) is 1.64. The van der Waals surface area contributed by atoms with Crippen molar-refractivity contribution in [2.45, 2.75) is 25.8 Å². The van der Waals surface area contributed by atoms with Crippen molar-refractivity contribution >= 4 is 25.8 Å². The van der Waals surface area contributed by atoms with Gasteiger partial charge >= 0.3 is 0 Å². The summed E-state index contributed by atoms with van der Waals surface area (Å²) in [7, 11) is -2.92. The Balaban J connectivity index is 2.25. The molecular formula is C14H19BrFNO2S. The first kappa shape index (κ1) is 15.9. The third-order valence-corrected chi connectivity index (χ3v) is 6.06. The summed E-state index contributed by atoms with van der Waals surface area (Å²) in [6, 6.07) is 4.86. The highest BCUT2D eigenvalue weighted by atomic mass is 79.9. The van der Waals surface area contributed by atoms with E-state index in [1.165, 1.54) is 6.07 Å². The van der Waals surface area contributed by atoms with Gasteiger partial charge in [0.2, 0.25) is 0 Å². The van der Waals surface area contributed by atoms with E-state index in [9.17, 15) is 12.8 Å². The Labute approximate surface area is 128 Å². The molecule has 0 spiro atoms. The van der Waals surface area contributed by atoms with Gasteiger partial charge in [0.25, 0.3) is 0 Å². The molecular weight excluding hydrogens is 345 g/mol. The molecule has 0 amide bonds. The summed E-state index contributed by atoms with van der Waals surface area (Å²) in [4.78, 5) is 0. The van der Waals surface area contributed by atoms with E-state index in [-0.39, 0.29) is 29.3 Å². The van der Waals surface area contributed by atoms with Crippen LogP contribution in [-0.4, -0.2) is 26.5 Å². The standard InChI is InChI=1S/C14H19BrFNO2S/c1-2-6-17-14(11-5-7-20(18,19)9-11)10-3-4-13(16)12(15)8-10/h3-4,8,11,14,17H,2,5-7,9H2,1H3. The first-order valence-electron chi connectivity index (χ1n) is 6.81. The van der Waals surface area contributed by atoms with Gasteiger partial charge in [0, 0.05) is 6.04 Å². The molecule has 0 radical (unpaired) electrons. The van der Waals surface area contributed by atoms with Crippen molar-refractivity contribution in [1.29, 1.82) is 0 Å². The van der Waals surface area contributed by atoms with E-state index < -0.39 is 9.84 Å². The van der Waals surface area contributed by atoms with E-state index >= 15 is 0 Å². The maximum absolute atomic E-state index is 13.4. The highest BCUT2D eigenvalue weighted by Crippen LogP contribution is 2.33. The maximum Gasteiger partial charge on any atom is 0.150 e. The lowest BCUT2D eigenvalue weighted by atomic mass is 9.92. The average Bonchev–Trinajstić information content (AvgIpc) is 2.74. The van der Waals surface area contributed by atoms with Crippen molar-refractivity contribution in [2.75, 3.05) is 18.1 Å². The molecule has 2 atom stereocenters. The minimum Gasteiger partial charge on any atom is -0.310 e. The summed E-state index contributed by atoms with van der Waals surface area (Å²) in [5, 5.41) is 3.40. The van der Waals surface area contributed by atoms with Crippen molar-refractivity contribution < 1.29 is 12.8 Å². The normalized spacial score (nSPS) is 22.9. The Kier molecular flexibility index (Phi) is 5.20. The van der Waals surface area contributed by atoms with Gasteiger partial charge in [-0.2, -0.15) is 0 Å². The van der Waals surface area contributed by atoms with Gasteiger partial charge in [0.05, 0.1) is 16.0 Å². The number of sulfone groups is 1. The zero-order chi connectivity index (χ0) is 14.8. The van der Waals surface area contributed by atoms with Crippen LogP contribution in [0.25, 0.3) is 0 Å². The zero-order valence-corrected chi connectivity index (χ0v) is 13.8. The summed E-state index contributed by atoms with van der Waals surface area (Å²) in [5.41, 5.74) is 0.939. The molecule has 1 N–H and O–H groups in total. The van der Waals surface area contributed by atoms with Crippen LogP contribution in [0.15, 0.2) is 22.7 Å². The largest absolute Gasteiger partial charge is 0.310 e. The lowest BCUT2D eigenvalue weighted by molar-refractivity contribution is 0.392. The molecule has 1 saturated heterocycles. The van der Waals surface area contributed by atoms with E-state index in [4.69, 9.17) is 0 Å². The fraction of sp³-hybridized carbons (Fsp3) is 0.571. The van der Waals surface area contributed by atoms with Crippen molar-refractivity contribution in [1.82, 2.24) is 5.32 Å². The molecule has 20 heavy (non-hydrogen) atoms. The third-order valence-electron chi connectivity index (χ3n) is 3.66. The van der Waals surface area contributed by atoms with E-state index in [1.54, 1.807) is 12.1 Å². The summed E-state index contributed by atoms with van der Waals surface area (Å²) in [6.45, 7) is 2.88. The predicted octanol–water partition coefficient (Wildman–Crippen LogP) is 3.06. The Hall–Kier alpha value is -0.460. The second kappa shape index (κ2) is 6.54. The minimum atomic E-state index is -2.92. The van der Waals surface area contributed by atoms with Crippen LogP contribution in [0.4, 0.5) is 4.39 Å².